The van der Waals surface area contributed by atoms with Crippen LogP contribution in [-0.2, 0) is 21.2 Å². The Morgan fingerprint density at radius 2 is 2.06 bits per heavy atom. The monoisotopic (exact) mass is 515 g/mol. The third kappa shape index (κ3) is 5.54. The van der Waals surface area contributed by atoms with E-state index in [1.165, 1.54) is 30.5 Å². The smallest absolute Gasteiger partial charge is 0.287 e. The van der Waals surface area contributed by atoms with E-state index >= 15 is 0 Å². The van der Waals surface area contributed by atoms with Gasteiger partial charge in [0.25, 0.3) is 5.56 Å². The molecule has 1 atom stereocenters. The first kappa shape index (κ1) is 24.3. The van der Waals surface area contributed by atoms with Crippen molar-refractivity contribution >= 4 is 56.2 Å². The number of nitrogens with one attached hydrogen (secondary N) is 2. The molecular formula is C19H19Cl2N5O4S2. The quantitative estimate of drug-likeness (QED) is 0.475. The molecule has 0 spiro atoms. The van der Waals surface area contributed by atoms with Gasteiger partial charge in [0.05, 0.1) is 27.3 Å². The number of nitrogens with zero attached hydrogens (tertiary/aromatic N) is 3. The molecule has 170 valence electrons. The summed E-state index contributed by atoms with van der Waals surface area (Å²) in [6, 6.07) is 3.49. The molecule has 0 radical (unpaired) electrons. The SMILES string of the molecule is Cc1ccc(NC(=O)[C@H](C)n2ncc(Cl)c(Cl)c2=O)cc1S(=O)(=O)NCCc1cscn1. The first-order valence-corrected chi connectivity index (χ1v) is 12.5. The van der Waals surface area contributed by atoms with Gasteiger partial charge in [-0.15, -0.1) is 11.3 Å². The molecule has 3 rings (SSSR count). The minimum atomic E-state index is -3.82. The summed E-state index contributed by atoms with van der Waals surface area (Å²) in [5, 5.41) is 8.04. The van der Waals surface area contributed by atoms with Crippen molar-refractivity contribution in [1.29, 1.82) is 0 Å². The normalized spacial score (nSPS) is 12.5. The third-order valence-corrected chi connectivity index (χ3v) is 7.54. The maximum atomic E-state index is 12.8. The number of hydrogen-bond donors (Lipinski definition) is 2. The summed E-state index contributed by atoms with van der Waals surface area (Å²) in [4.78, 5) is 29.0. The van der Waals surface area contributed by atoms with E-state index in [0.29, 0.717) is 12.0 Å². The second-order valence-electron chi connectivity index (χ2n) is 6.83. The fourth-order valence-corrected chi connectivity index (χ4v) is 4.93. The molecule has 0 aliphatic carbocycles. The fraction of sp³-hybridized carbons (Fsp3) is 0.263. The van der Waals surface area contributed by atoms with E-state index in [1.807, 2.05) is 5.38 Å². The number of hydrogen-bond acceptors (Lipinski definition) is 7. The van der Waals surface area contributed by atoms with Crippen LogP contribution in [0.1, 0.15) is 24.2 Å². The molecule has 2 N–H and O–H groups in total. The number of anilines is 1. The van der Waals surface area contributed by atoms with Gasteiger partial charge in [0.2, 0.25) is 15.9 Å². The van der Waals surface area contributed by atoms with E-state index in [-0.39, 0.29) is 27.2 Å². The minimum absolute atomic E-state index is 0.0174. The Hall–Kier alpha value is -2.31. The summed E-state index contributed by atoms with van der Waals surface area (Å²) in [6.45, 7) is 3.30. The zero-order valence-corrected chi connectivity index (χ0v) is 20.1. The van der Waals surface area contributed by atoms with Crippen molar-refractivity contribution in [1.82, 2.24) is 19.5 Å². The van der Waals surface area contributed by atoms with Crippen LogP contribution in [0.5, 0.6) is 0 Å². The van der Waals surface area contributed by atoms with Crippen molar-refractivity contribution in [3.8, 4) is 0 Å². The molecule has 2 aromatic heterocycles. The lowest BCUT2D eigenvalue weighted by Gasteiger charge is -2.16. The van der Waals surface area contributed by atoms with E-state index in [2.05, 4.69) is 20.1 Å². The van der Waals surface area contributed by atoms with E-state index in [0.717, 1.165) is 10.4 Å². The zero-order chi connectivity index (χ0) is 23.5. The van der Waals surface area contributed by atoms with E-state index in [4.69, 9.17) is 23.2 Å². The molecule has 0 aliphatic heterocycles. The number of rotatable bonds is 8. The van der Waals surface area contributed by atoms with Gasteiger partial charge in [0.15, 0.2) is 0 Å². The molecule has 1 amide bonds. The van der Waals surface area contributed by atoms with Gasteiger partial charge in [0.1, 0.15) is 11.1 Å². The van der Waals surface area contributed by atoms with Crippen LogP contribution in [0.3, 0.4) is 0 Å². The van der Waals surface area contributed by atoms with Gasteiger partial charge in [-0.1, -0.05) is 29.3 Å². The number of amides is 1. The molecule has 0 aliphatic rings. The second kappa shape index (κ2) is 10.1. The lowest BCUT2D eigenvalue weighted by Crippen LogP contribution is -2.33. The van der Waals surface area contributed by atoms with Crippen molar-refractivity contribution < 1.29 is 13.2 Å². The lowest BCUT2D eigenvalue weighted by atomic mass is 10.2. The van der Waals surface area contributed by atoms with Gasteiger partial charge in [-0.05, 0) is 31.5 Å². The fourth-order valence-electron chi connectivity index (χ4n) is 2.78. The van der Waals surface area contributed by atoms with Crippen LogP contribution in [0.2, 0.25) is 10.0 Å². The van der Waals surface area contributed by atoms with Crippen LogP contribution in [-0.4, -0.2) is 35.6 Å². The molecule has 13 heteroatoms. The van der Waals surface area contributed by atoms with Crippen LogP contribution >= 0.6 is 34.5 Å². The highest BCUT2D eigenvalue weighted by Crippen LogP contribution is 2.21. The number of aryl methyl sites for hydroxylation is 1. The Morgan fingerprint density at radius 1 is 1.31 bits per heavy atom. The zero-order valence-electron chi connectivity index (χ0n) is 17.0. The number of carbonyl (C=O) groups is 1. The van der Waals surface area contributed by atoms with E-state index < -0.39 is 27.5 Å². The van der Waals surface area contributed by atoms with Gasteiger partial charge in [-0.2, -0.15) is 5.10 Å². The number of aromatic nitrogens is 3. The highest BCUT2D eigenvalue weighted by molar-refractivity contribution is 7.89. The predicted molar refractivity (Wildman–Crippen MR) is 124 cm³/mol. The molecule has 3 aromatic rings. The molecule has 0 bridgehead atoms. The summed E-state index contributed by atoms with van der Waals surface area (Å²) < 4.78 is 29.0. The molecule has 0 saturated heterocycles. The first-order valence-electron chi connectivity index (χ1n) is 9.31. The summed E-state index contributed by atoms with van der Waals surface area (Å²) in [5.74, 6) is -0.582. The molecule has 0 unspecified atom stereocenters. The average molecular weight is 516 g/mol. The average Bonchev–Trinajstić information content (AvgIpc) is 3.26. The largest absolute Gasteiger partial charge is 0.324 e. The highest BCUT2D eigenvalue weighted by atomic mass is 35.5. The topological polar surface area (TPSA) is 123 Å². The molecule has 32 heavy (non-hydrogen) atoms. The van der Waals surface area contributed by atoms with Crippen molar-refractivity contribution in [2.75, 3.05) is 11.9 Å². The number of benzene rings is 1. The Kier molecular flexibility index (Phi) is 7.67. The summed E-state index contributed by atoms with van der Waals surface area (Å²) >= 11 is 13.0. The molecule has 1 aromatic carbocycles. The Balaban J connectivity index is 1.75. The van der Waals surface area contributed by atoms with Crippen molar-refractivity contribution in [2.45, 2.75) is 31.2 Å². The van der Waals surface area contributed by atoms with Gasteiger partial charge in [0, 0.05) is 24.0 Å². The molecule has 0 saturated carbocycles. The maximum absolute atomic E-state index is 12.8. The number of sulfonamides is 1. The number of halogens is 2. The van der Waals surface area contributed by atoms with Gasteiger partial charge in [-0.3, -0.25) is 9.59 Å². The van der Waals surface area contributed by atoms with Gasteiger partial charge >= 0.3 is 0 Å². The van der Waals surface area contributed by atoms with Crippen LogP contribution < -0.4 is 15.6 Å². The van der Waals surface area contributed by atoms with Crippen LogP contribution in [0.25, 0.3) is 0 Å². The van der Waals surface area contributed by atoms with Crippen LogP contribution in [0.15, 0.2) is 45.0 Å². The summed E-state index contributed by atoms with van der Waals surface area (Å²) in [5.41, 5.74) is 2.54. The highest BCUT2D eigenvalue weighted by Gasteiger charge is 2.22. The Bertz CT molecular complexity index is 1290. The molecule has 2 heterocycles. The molecular weight excluding hydrogens is 497 g/mol. The van der Waals surface area contributed by atoms with Crippen molar-refractivity contribution in [3.63, 3.8) is 0 Å². The standard InChI is InChI=1S/C19H19Cl2N5O4S2/c1-11-3-4-13(7-16(11)32(29,30)24-6-5-14-9-31-10-22-14)25-18(27)12(2)26-19(28)17(21)15(20)8-23-26/h3-4,7-10,12,24H,5-6H2,1-2H3,(H,25,27)/t12-/m0/s1. The van der Waals surface area contributed by atoms with Gasteiger partial charge < -0.3 is 5.32 Å². The number of carbonyl (C=O) groups excluding carboxylic acids is 1. The van der Waals surface area contributed by atoms with Crippen LogP contribution in [0, 0.1) is 6.92 Å². The number of thiazole rings is 1. The van der Waals surface area contributed by atoms with Crippen molar-refractivity contribution in [3.05, 3.63) is 66.9 Å². The molecule has 0 fully saturated rings. The second-order valence-corrected chi connectivity index (χ2v) is 10.1. The maximum Gasteiger partial charge on any atom is 0.287 e. The van der Waals surface area contributed by atoms with Crippen molar-refractivity contribution in [2.24, 2.45) is 0 Å². The summed E-state index contributed by atoms with van der Waals surface area (Å²) in [7, 11) is -3.82. The Morgan fingerprint density at radius 3 is 2.75 bits per heavy atom. The molecule has 9 nitrogen and oxygen atoms in total. The minimum Gasteiger partial charge on any atom is -0.324 e. The first-order chi connectivity index (χ1) is 15.1. The predicted octanol–water partition coefficient (Wildman–Crippen LogP) is 3.04. The van der Waals surface area contributed by atoms with Crippen LogP contribution in [0.4, 0.5) is 5.69 Å². The van der Waals surface area contributed by atoms with E-state index in [9.17, 15) is 18.0 Å². The van der Waals surface area contributed by atoms with Gasteiger partial charge in [-0.25, -0.2) is 22.8 Å². The summed E-state index contributed by atoms with van der Waals surface area (Å²) in [6.07, 6.45) is 1.63. The lowest BCUT2D eigenvalue weighted by molar-refractivity contribution is -0.119. The Labute approximate surface area is 198 Å². The third-order valence-electron chi connectivity index (χ3n) is 4.55. The van der Waals surface area contributed by atoms with E-state index in [1.54, 1.807) is 24.6 Å².